The topological polar surface area (TPSA) is 65.4 Å². The van der Waals surface area contributed by atoms with E-state index in [0.717, 1.165) is 38.8 Å². The van der Waals surface area contributed by atoms with Gasteiger partial charge in [-0.2, -0.15) is 10.5 Å². The summed E-state index contributed by atoms with van der Waals surface area (Å²) in [5.41, 5.74) is 6.02. The largest absolute Gasteiger partial charge is 0.294 e. The second kappa shape index (κ2) is 7.78. The van der Waals surface area contributed by atoms with Gasteiger partial charge in [-0.15, -0.1) is 11.3 Å². The molecule has 3 aromatic heterocycles. The van der Waals surface area contributed by atoms with Crippen LogP contribution in [0.5, 0.6) is 0 Å². The van der Waals surface area contributed by atoms with Crippen molar-refractivity contribution in [3.63, 3.8) is 0 Å². The predicted molar refractivity (Wildman–Crippen MR) is 146 cm³/mol. The van der Waals surface area contributed by atoms with Crippen molar-refractivity contribution in [2.24, 2.45) is 0 Å². The van der Waals surface area contributed by atoms with Gasteiger partial charge >= 0.3 is 0 Å². The van der Waals surface area contributed by atoms with E-state index in [9.17, 15) is 10.5 Å². The van der Waals surface area contributed by atoms with E-state index in [2.05, 4.69) is 88.4 Å². The molecule has 36 heavy (non-hydrogen) atoms. The summed E-state index contributed by atoms with van der Waals surface area (Å²) in [6, 6.07) is 35.5. The average molecular weight is 477 g/mol. The molecule has 0 unspecified atom stereocenters. The van der Waals surface area contributed by atoms with Crippen LogP contribution in [-0.4, -0.2) is 9.55 Å². The first-order valence-electron chi connectivity index (χ1n) is 11.5. The molecule has 0 N–H and O–H groups in total. The molecule has 166 valence electrons. The van der Waals surface area contributed by atoms with Gasteiger partial charge in [-0.1, -0.05) is 36.4 Å². The predicted octanol–water partition coefficient (Wildman–Crippen LogP) is 7.96. The van der Waals surface area contributed by atoms with Gasteiger partial charge in [0.15, 0.2) is 0 Å². The van der Waals surface area contributed by atoms with Gasteiger partial charge in [-0.25, -0.2) is 4.98 Å². The standard InChI is InChI=1S/C31H16N4S/c32-16-19-8-10-28-25(12-19)27-13-20(17-33)18-34-31(27)35(28)23-5-3-4-21(14-23)22-9-11-30-26(15-22)24-6-1-2-7-29(24)36-30/h1-15,18H. The second-order valence-corrected chi connectivity index (χ2v) is 9.83. The van der Waals surface area contributed by atoms with Crippen molar-refractivity contribution in [2.45, 2.75) is 0 Å². The minimum Gasteiger partial charge on any atom is -0.294 e. The van der Waals surface area contributed by atoms with Crippen LogP contribution in [-0.2, 0) is 0 Å². The number of benzene rings is 4. The third kappa shape index (κ3) is 3.01. The SMILES string of the molecule is N#Cc1ccc2c(c1)c1cc(C#N)cnc1n2-c1cccc(-c2ccc3sc4ccccc4c3c2)c1. The highest BCUT2D eigenvalue weighted by Crippen LogP contribution is 2.37. The number of hydrogen-bond donors (Lipinski definition) is 0. The summed E-state index contributed by atoms with van der Waals surface area (Å²) in [6.45, 7) is 0. The Labute approximate surface area is 210 Å². The molecule has 0 saturated carbocycles. The van der Waals surface area contributed by atoms with Crippen molar-refractivity contribution < 1.29 is 0 Å². The second-order valence-electron chi connectivity index (χ2n) is 8.75. The fourth-order valence-corrected chi connectivity index (χ4v) is 6.10. The third-order valence-corrected chi connectivity index (χ3v) is 7.83. The lowest BCUT2D eigenvalue weighted by Gasteiger charge is -2.10. The van der Waals surface area contributed by atoms with Crippen LogP contribution in [0.2, 0.25) is 0 Å². The molecule has 0 atom stereocenters. The van der Waals surface area contributed by atoms with Gasteiger partial charge < -0.3 is 0 Å². The number of hydrogen-bond acceptors (Lipinski definition) is 4. The lowest BCUT2D eigenvalue weighted by atomic mass is 10.0. The molecule has 3 heterocycles. The molecule has 5 heteroatoms. The van der Waals surface area contributed by atoms with E-state index in [0.29, 0.717) is 11.1 Å². The maximum atomic E-state index is 9.46. The number of fused-ring (bicyclic) bond motifs is 6. The van der Waals surface area contributed by atoms with Crippen LogP contribution in [0.3, 0.4) is 0 Å². The van der Waals surface area contributed by atoms with Crippen LogP contribution < -0.4 is 0 Å². The highest BCUT2D eigenvalue weighted by atomic mass is 32.1. The van der Waals surface area contributed by atoms with E-state index in [-0.39, 0.29) is 0 Å². The van der Waals surface area contributed by atoms with E-state index in [4.69, 9.17) is 0 Å². The summed E-state index contributed by atoms with van der Waals surface area (Å²) >= 11 is 1.82. The van der Waals surface area contributed by atoms with Gasteiger partial charge in [0.05, 0.1) is 22.7 Å². The van der Waals surface area contributed by atoms with Crippen LogP contribution in [0.1, 0.15) is 11.1 Å². The maximum absolute atomic E-state index is 9.46. The minimum absolute atomic E-state index is 0.494. The molecule has 4 nitrogen and oxygen atoms in total. The van der Waals surface area contributed by atoms with Crippen LogP contribution in [0.15, 0.2) is 97.2 Å². The molecular formula is C31H16N4S. The van der Waals surface area contributed by atoms with Crippen molar-refractivity contribution in [1.29, 1.82) is 10.5 Å². The quantitative estimate of drug-likeness (QED) is 0.254. The Hall–Kier alpha value is -4.97. The number of pyridine rings is 1. The van der Waals surface area contributed by atoms with Crippen LogP contribution in [0.4, 0.5) is 0 Å². The summed E-state index contributed by atoms with van der Waals surface area (Å²) in [4.78, 5) is 4.65. The Morgan fingerprint density at radius 3 is 2.33 bits per heavy atom. The number of thiophene rings is 1. The Balaban J connectivity index is 1.46. The fraction of sp³-hybridized carbons (Fsp3) is 0. The summed E-state index contributed by atoms with van der Waals surface area (Å²) < 4.78 is 4.68. The highest BCUT2D eigenvalue weighted by Gasteiger charge is 2.16. The molecule has 0 aliphatic heterocycles. The third-order valence-electron chi connectivity index (χ3n) is 6.68. The van der Waals surface area contributed by atoms with Crippen molar-refractivity contribution in [3.8, 4) is 29.0 Å². The molecule has 0 radical (unpaired) electrons. The Bertz CT molecular complexity index is 2010. The zero-order valence-electron chi connectivity index (χ0n) is 18.9. The van der Waals surface area contributed by atoms with Gasteiger partial charge in [0.25, 0.3) is 0 Å². The van der Waals surface area contributed by atoms with Crippen molar-refractivity contribution in [1.82, 2.24) is 9.55 Å². The first kappa shape index (κ1) is 20.4. The Morgan fingerprint density at radius 1 is 0.639 bits per heavy atom. The van der Waals surface area contributed by atoms with Gasteiger partial charge in [0.2, 0.25) is 0 Å². The molecule has 0 saturated heterocycles. The fourth-order valence-electron chi connectivity index (χ4n) is 5.02. The number of aromatic nitrogens is 2. The number of rotatable bonds is 2. The summed E-state index contributed by atoms with van der Waals surface area (Å²) in [7, 11) is 0. The molecule has 4 aromatic carbocycles. The van der Waals surface area contributed by atoms with Gasteiger partial charge in [0, 0.05) is 42.8 Å². The number of nitrogens with zero attached hydrogens (tertiary/aromatic N) is 4. The van der Waals surface area contributed by atoms with Crippen LogP contribution in [0.25, 0.3) is 58.9 Å². The summed E-state index contributed by atoms with van der Waals surface area (Å²) in [6.07, 6.45) is 1.60. The lowest BCUT2D eigenvalue weighted by molar-refractivity contribution is 1.13. The van der Waals surface area contributed by atoms with E-state index in [1.165, 1.54) is 20.2 Å². The first-order chi connectivity index (χ1) is 17.7. The lowest BCUT2D eigenvalue weighted by Crippen LogP contribution is -1.96. The summed E-state index contributed by atoms with van der Waals surface area (Å²) in [5.74, 6) is 0. The molecule has 0 aliphatic carbocycles. The average Bonchev–Trinajstić information content (AvgIpc) is 3.47. The van der Waals surface area contributed by atoms with E-state index >= 15 is 0 Å². The molecule has 7 aromatic rings. The highest BCUT2D eigenvalue weighted by molar-refractivity contribution is 7.25. The maximum Gasteiger partial charge on any atom is 0.145 e. The molecule has 0 amide bonds. The minimum atomic E-state index is 0.494. The molecule has 0 fully saturated rings. The molecule has 0 bridgehead atoms. The van der Waals surface area contributed by atoms with Crippen LogP contribution >= 0.6 is 11.3 Å². The van der Waals surface area contributed by atoms with Gasteiger partial charge in [-0.05, 0) is 65.7 Å². The normalized spacial score (nSPS) is 11.3. The Kier molecular flexibility index (Phi) is 4.41. The smallest absolute Gasteiger partial charge is 0.145 e. The monoisotopic (exact) mass is 476 g/mol. The van der Waals surface area contributed by atoms with E-state index < -0.39 is 0 Å². The zero-order chi connectivity index (χ0) is 24.2. The van der Waals surface area contributed by atoms with Crippen LogP contribution in [0, 0.1) is 22.7 Å². The van der Waals surface area contributed by atoms with E-state index in [1.807, 2.05) is 35.6 Å². The molecule has 7 rings (SSSR count). The van der Waals surface area contributed by atoms with Crippen molar-refractivity contribution in [2.75, 3.05) is 0 Å². The Morgan fingerprint density at radius 2 is 1.44 bits per heavy atom. The van der Waals surface area contributed by atoms with E-state index in [1.54, 1.807) is 6.20 Å². The van der Waals surface area contributed by atoms with Crippen molar-refractivity contribution >= 4 is 53.4 Å². The molecular weight excluding hydrogens is 460 g/mol. The first-order valence-corrected chi connectivity index (χ1v) is 12.3. The van der Waals surface area contributed by atoms with Gasteiger partial charge in [-0.3, -0.25) is 4.57 Å². The number of nitriles is 2. The molecule has 0 aliphatic rings. The zero-order valence-corrected chi connectivity index (χ0v) is 19.8. The molecule has 0 spiro atoms. The summed E-state index contributed by atoms with van der Waals surface area (Å²) in [5, 5.41) is 23.2. The van der Waals surface area contributed by atoms with Crippen molar-refractivity contribution in [3.05, 3.63) is 108 Å². The van der Waals surface area contributed by atoms with Gasteiger partial charge in [0.1, 0.15) is 11.7 Å².